The first kappa shape index (κ1) is 20.2. The van der Waals surface area contributed by atoms with Gasteiger partial charge in [-0.2, -0.15) is 11.8 Å². The molecule has 0 saturated heterocycles. The Hall–Kier alpha value is -1.10. The highest BCUT2D eigenvalue weighted by Gasteiger charge is 2.17. The first-order valence-corrected chi connectivity index (χ1v) is 10.8. The molecule has 0 saturated carbocycles. The number of carbonyl (C=O) groups is 1. The van der Waals surface area contributed by atoms with E-state index < -0.39 is 0 Å². The number of halogens is 1. The van der Waals surface area contributed by atoms with Crippen LogP contribution >= 0.6 is 35.1 Å². The van der Waals surface area contributed by atoms with Crippen LogP contribution in [0.25, 0.3) is 0 Å². The van der Waals surface area contributed by atoms with Crippen molar-refractivity contribution in [1.29, 1.82) is 0 Å². The number of hydrogen-bond acceptors (Lipinski definition) is 3. The fourth-order valence-electron chi connectivity index (χ4n) is 2.23. The van der Waals surface area contributed by atoms with Crippen molar-refractivity contribution < 1.29 is 4.79 Å². The fourth-order valence-corrected chi connectivity index (χ4v) is 4.16. The summed E-state index contributed by atoms with van der Waals surface area (Å²) in [6.45, 7) is 4.84. The zero-order valence-corrected chi connectivity index (χ0v) is 17.0. The molecule has 0 unspecified atom stereocenters. The van der Waals surface area contributed by atoms with Crippen molar-refractivity contribution in [2.45, 2.75) is 36.2 Å². The van der Waals surface area contributed by atoms with Crippen molar-refractivity contribution in [3.8, 4) is 0 Å². The lowest BCUT2D eigenvalue weighted by Crippen LogP contribution is -2.33. The summed E-state index contributed by atoms with van der Waals surface area (Å²) in [7, 11) is 0. The van der Waals surface area contributed by atoms with Crippen LogP contribution in [0.3, 0.4) is 0 Å². The van der Waals surface area contributed by atoms with Gasteiger partial charge in [0.1, 0.15) is 0 Å². The summed E-state index contributed by atoms with van der Waals surface area (Å²) in [4.78, 5) is 13.4. The lowest BCUT2D eigenvalue weighted by atomic mass is 10.2. The van der Waals surface area contributed by atoms with Crippen molar-refractivity contribution >= 4 is 41.0 Å². The highest BCUT2D eigenvalue weighted by Crippen LogP contribution is 2.26. The van der Waals surface area contributed by atoms with Crippen LogP contribution in [0, 0.1) is 6.92 Å². The summed E-state index contributed by atoms with van der Waals surface area (Å²) in [5.41, 5.74) is 2.61. The molecule has 2 nitrogen and oxygen atoms in total. The summed E-state index contributed by atoms with van der Waals surface area (Å²) < 4.78 is 0. The zero-order chi connectivity index (χ0) is 18.1. The summed E-state index contributed by atoms with van der Waals surface area (Å²) >= 11 is 9.34. The maximum absolute atomic E-state index is 12.3. The van der Waals surface area contributed by atoms with Gasteiger partial charge >= 0.3 is 0 Å². The normalized spacial score (nSPS) is 12.0. The largest absolute Gasteiger partial charge is 0.354 e. The van der Waals surface area contributed by atoms with Gasteiger partial charge in [-0.1, -0.05) is 48.4 Å². The number of amides is 1. The lowest BCUT2D eigenvalue weighted by Gasteiger charge is -2.14. The molecule has 0 aliphatic heterocycles. The SMILES string of the molecule is CC[C@@H](Sc1ccc(Cl)cc1)C(=O)NCCSCc1ccc(C)cc1. The van der Waals surface area contributed by atoms with E-state index in [9.17, 15) is 4.79 Å². The third kappa shape index (κ3) is 7.35. The first-order chi connectivity index (χ1) is 12.1. The maximum atomic E-state index is 12.3. The molecule has 0 spiro atoms. The molecular formula is C20H24ClNOS2. The number of aryl methyl sites for hydroxylation is 1. The molecule has 134 valence electrons. The van der Waals surface area contributed by atoms with Gasteiger partial charge < -0.3 is 5.32 Å². The highest BCUT2D eigenvalue weighted by molar-refractivity contribution is 8.00. The van der Waals surface area contributed by atoms with Crippen LogP contribution in [0.4, 0.5) is 0 Å². The Bertz CT molecular complexity index is 658. The molecule has 0 aliphatic carbocycles. The summed E-state index contributed by atoms with van der Waals surface area (Å²) in [6.07, 6.45) is 0.801. The van der Waals surface area contributed by atoms with Crippen LogP contribution in [0.1, 0.15) is 24.5 Å². The monoisotopic (exact) mass is 393 g/mol. The van der Waals surface area contributed by atoms with Gasteiger partial charge in [-0.25, -0.2) is 0 Å². The van der Waals surface area contributed by atoms with Crippen molar-refractivity contribution in [3.63, 3.8) is 0 Å². The topological polar surface area (TPSA) is 29.1 Å². The molecule has 0 aromatic heterocycles. The van der Waals surface area contributed by atoms with Crippen LogP contribution in [0.5, 0.6) is 0 Å². The van der Waals surface area contributed by atoms with E-state index in [1.807, 2.05) is 43.0 Å². The standard InChI is InChI=1S/C20H24ClNOS2/c1-3-19(25-18-10-8-17(21)9-11-18)20(23)22-12-13-24-14-16-6-4-15(2)5-7-16/h4-11,19H,3,12-14H2,1-2H3,(H,22,23)/t19-/m1/s1. The van der Waals surface area contributed by atoms with Gasteiger partial charge in [-0.3, -0.25) is 4.79 Å². The van der Waals surface area contributed by atoms with Crippen LogP contribution in [0.2, 0.25) is 5.02 Å². The Balaban J connectivity index is 1.68. The smallest absolute Gasteiger partial charge is 0.233 e. The summed E-state index contributed by atoms with van der Waals surface area (Å²) in [6, 6.07) is 16.2. The molecule has 0 aliphatic rings. The van der Waals surface area contributed by atoms with E-state index in [1.54, 1.807) is 11.8 Å². The van der Waals surface area contributed by atoms with E-state index >= 15 is 0 Å². The van der Waals surface area contributed by atoms with Crippen LogP contribution < -0.4 is 5.32 Å². The molecule has 2 aromatic rings. The lowest BCUT2D eigenvalue weighted by molar-refractivity contribution is -0.120. The van der Waals surface area contributed by atoms with Crippen LogP contribution in [-0.2, 0) is 10.5 Å². The second-order valence-electron chi connectivity index (χ2n) is 5.80. The second-order valence-corrected chi connectivity index (χ2v) is 8.62. The summed E-state index contributed by atoms with van der Waals surface area (Å²) in [5, 5.41) is 3.70. The molecule has 0 fully saturated rings. The Morgan fingerprint density at radius 3 is 2.44 bits per heavy atom. The number of rotatable bonds is 9. The molecule has 1 atom stereocenters. The van der Waals surface area contributed by atoms with E-state index in [1.165, 1.54) is 11.1 Å². The third-order valence-corrected chi connectivity index (χ3v) is 6.35. The minimum absolute atomic E-state index is 0.0664. The van der Waals surface area contributed by atoms with E-state index in [4.69, 9.17) is 11.6 Å². The molecule has 0 bridgehead atoms. The molecule has 25 heavy (non-hydrogen) atoms. The van der Waals surface area contributed by atoms with Crippen LogP contribution in [0.15, 0.2) is 53.4 Å². The van der Waals surface area contributed by atoms with Crippen molar-refractivity contribution in [1.82, 2.24) is 5.32 Å². The Morgan fingerprint density at radius 1 is 1.12 bits per heavy atom. The number of hydrogen-bond donors (Lipinski definition) is 1. The Kier molecular flexibility index (Phi) is 8.73. The van der Waals surface area contributed by atoms with Gasteiger partial charge in [-0.15, -0.1) is 11.8 Å². The average molecular weight is 394 g/mol. The quantitative estimate of drug-likeness (QED) is 0.446. The number of benzene rings is 2. The maximum Gasteiger partial charge on any atom is 0.233 e. The number of nitrogens with one attached hydrogen (secondary N) is 1. The van der Waals surface area contributed by atoms with Crippen molar-refractivity contribution in [3.05, 3.63) is 64.7 Å². The molecule has 2 aromatic carbocycles. The van der Waals surface area contributed by atoms with E-state index in [2.05, 4.69) is 36.5 Å². The van der Waals surface area contributed by atoms with Crippen molar-refractivity contribution in [2.24, 2.45) is 0 Å². The van der Waals surface area contributed by atoms with Gasteiger partial charge in [0.15, 0.2) is 0 Å². The minimum Gasteiger partial charge on any atom is -0.354 e. The van der Waals surface area contributed by atoms with E-state index in [0.717, 1.165) is 22.8 Å². The summed E-state index contributed by atoms with van der Waals surface area (Å²) in [5.74, 6) is 2.01. The third-order valence-electron chi connectivity index (χ3n) is 3.69. The van der Waals surface area contributed by atoms with Crippen molar-refractivity contribution in [2.75, 3.05) is 12.3 Å². The molecule has 2 rings (SSSR count). The minimum atomic E-state index is -0.0664. The highest BCUT2D eigenvalue weighted by atomic mass is 35.5. The molecule has 1 amide bonds. The van der Waals surface area contributed by atoms with E-state index in [-0.39, 0.29) is 11.2 Å². The molecule has 0 radical (unpaired) electrons. The average Bonchev–Trinajstić information content (AvgIpc) is 2.62. The van der Waals surface area contributed by atoms with Gasteiger partial charge in [0, 0.05) is 28.0 Å². The first-order valence-electron chi connectivity index (χ1n) is 8.41. The predicted octanol–water partition coefficient (Wildman–Crippen LogP) is 5.57. The van der Waals surface area contributed by atoms with Crippen LogP contribution in [-0.4, -0.2) is 23.5 Å². The number of carbonyl (C=O) groups excluding carboxylic acids is 1. The zero-order valence-electron chi connectivity index (χ0n) is 14.6. The fraction of sp³-hybridized carbons (Fsp3) is 0.350. The van der Waals surface area contributed by atoms with Gasteiger partial charge in [-0.05, 0) is 43.2 Å². The molecular weight excluding hydrogens is 370 g/mol. The molecule has 0 heterocycles. The molecule has 1 N–H and O–H groups in total. The predicted molar refractivity (Wildman–Crippen MR) is 112 cm³/mol. The van der Waals surface area contributed by atoms with Gasteiger partial charge in [0.25, 0.3) is 0 Å². The van der Waals surface area contributed by atoms with Gasteiger partial charge in [0.2, 0.25) is 5.91 Å². The molecule has 5 heteroatoms. The Morgan fingerprint density at radius 2 is 1.80 bits per heavy atom. The number of thioether (sulfide) groups is 2. The van der Waals surface area contributed by atoms with E-state index in [0.29, 0.717) is 11.6 Å². The van der Waals surface area contributed by atoms with Gasteiger partial charge in [0.05, 0.1) is 5.25 Å². The Labute approximate surface area is 164 Å². The second kappa shape index (κ2) is 10.8.